The molecule has 2 aromatic rings. The molecular formula is C23H30O3. The lowest BCUT2D eigenvalue weighted by Crippen LogP contribution is -2.09. The van der Waals surface area contributed by atoms with Crippen LogP contribution in [0.5, 0.6) is 11.5 Å². The van der Waals surface area contributed by atoms with Crippen LogP contribution in [0.25, 0.3) is 0 Å². The van der Waals surface area contributed by atoms with Crippen molar-refractivity contribution >= 4 is 5.78 Å². The molecule has 0 aliphatic carbocycles. The topological polar surface area (TPSA) is 35.5 Å². The SMILES string of the molecule is CCCCCOc1ccccc1C(=O)c1ccccc1OCCCCC. The van der Waals surface area contributed by atoms with Crippen molar-refractivity contribution in [3.05, 3.63) is 59.7 Å². The van der Waals surface area contributed by atoms with E-state index in [2.05, 4.69) is 13.8 Å². The Morgan fingerprint density at radius 1 is 0.692 bits per heavy atom. The average molecular weight is 354 g/mol. The lowest BCUT2D eigenvalue weighted by molar-refractivity contribution is 0.103. The molecule has 0 aliphatic rings. The third-order valence-corrected chi connectivity index (χ3v) is 4.27. The Balaban J connectivity index is 2.13. The van der Waals surface area contributed by atoms with E-state index in [1.807, 2.05) is 48.5 Å². The Labute approximate surface area is 157 Å². The van der Waals surface area contributed by atoms with Gasteiger partial charge in [-0.2, -0.15) is 0 Å². The summed E-state index contributed by atoms with van der Waals surface area (Å²) in [5.74, 6) is 1.24. The van der Waals surface area contributed by atoms with Crippen molar-refractivity contribution in [1.82, 2.24) is 0 Å². The molecule has 2 rings (SSSR count). The van der Waals surface area contributed by atoms with E-state index in [9.17, 15) is 4.79 Å². The van der Waals surface area contributed by atoms with Gasteiger partial charge in [-0.25, -0.2) is 0 Å². The van der Waals surface area contributed by atoms with Gasteiger partial charge in [0, 0.05) is 0 Å². The molecule has 0 fully saturated rings. The van der Waals surface area contributed by atoms with E-state index in [0.717, 1.165) is 38.5 Å². The molecule has 0 N–H and O–H groups in total. The Bertz CT molecular complexity index is 621. The fourth-order valence-corrected chi connectivity index (χ4v) is 2.77. The first-order valence-electron chi connectivity index (χ1n) is 9.76. The molecule has 2 aromatic carbocycles. The first-order chi connectivity index (χ1) is 12.8. The zero-order valence-corrected chi connectivity index (χ0v) is 16.0. The molecule has 0 radical (unpaired) electrons. The highest BCUT2D eigenvalue weighted by Crippen LogP contribution is 2.27. The molecule has 0 aromatic heterocycles. The Kier molecular flexibility index (Phi) is 8.74. The van der Waals surface area contributed by atoms with Crippen molar-refractivity contribution in [1.29, 1.82) is 0 Å². The van der Waals surface area contributed by atoms with Gasteiger partial charge < -0.3 is 9.47 Å². The lowest BCUT2D eigenvalue weighted by Gasteiger charge is -2.13. The van der Waals surface area contributed by atoms with Crippen LogP contribution < -0.4 is 9.47 Å². The van der Waals surface area contributed by atoms with Crippen molar-refractivity contribution in [2.75, 3.05) is 13.2 Å². The van der Waals surface area contributed by atoms with Crippen LogP contribution in [-0.4, -0.2) is 19.0 Å². The van der Waals surface area contributed by atoms with Gasteiger partial charge in [-0.3, -0.25) is 4.79 Å². The molecule has 3 heteroatoms. The van der Waals surface area contributed by atoms with Gasteiger partial charge in [0.25, 0.3) is 0 Å². The number of ketones is 1. The summed E-state index contributed by atoms with van der Waals surface area (Å²) in [6.07, 6.45) is 6.54. The second-order valence-electron chi connectivity index (χ2n) is 6.43. The van der Waals surface area contributed by atoms with E-state index in [0.29, 0.717) is 35.8 Å². The van der Waals surface area contributed by atoms with Crippen molar-refractivity contribution < 1.29 is 14.3 Å². The zero-order valence-electron chi connectivity index (χ0n) is 16.0. The van der Waals surface area contributed by atoms with E-state index in [4.69, 9.17) is 9.47 Å². The van der Waals surface area contributed by atoms with Crippen LogP contribution >= 0.6 is 0 Å². The van der Waals surface area contributed by atoms with Gasteiger partial charge in [0.1, 0.15) is 11.5 Å². The molecule has 0 amide bonds. The first-order valence-corrected chi connectivity index (χ1v) is 9.76. The highest BCUT2D eigenvalue weighted by molar-refractivity contribution is 6.12. The molecule has 3 nitrogen and oxygen atoms in total. The summed E-state index contributed by atoms with van der Waals surface area (Å²) in [6.45, 7) is 5.59. The van der Waals surface area contributed by atoms with Crippen LogP contribution in [0, 0.1) is 0 Å². The third-order valence-electron chi connectivity index (χ3n) is 4.27. The maximum absolute atomic E-state index is 13.1. The summed E-state index contributed by atoms with van der Waals surface area (Å²) in [7, 11) is 0. The molecule has 0 saturated heterocycles. The van der Waals surface area contributed by atoms with E-state index in [1.165, 1.54) is 0 Å². The van der Waals surface area contributed by atoms with Crippen molar-refractivity contribution in [3.63, 3.8) is 0 Å². The molecule has 0 heterocycles. The van der Waals surface area contributed by atoms with E-state index < -0.39 is 0 Å². The maximum atomic E-state index is 13.1. The fourth-order valence-electron chi connectivity index (χ4n) is 2.77. The molecule has 0 aliphatic heterocycles. The number of carbonyl (C=O) groups is 1. The summed E-state index contributed by atoms with van der Waals surface area (Å²) >= 11 is 0. The van der Waals surface area contributed by atoms with Crippen LogP contribution in [0.4, 0.5) is 0 Å². The Morgan fingerprint density at radius 3 is 1.54 bits per heavy atom. The second kappa shape index (κ2) is 11.3. The second-order valence-corrected chi connectivity index (χ2v) is 6.43. The Morgan fingerprint density at radius 2 is 1.12 bits per heavy atom. The van der Waals surface area contributed by atoms with E-state index in [-0.39, 0.29) is 5.78 Å². The minimum atomic E-state index is -0.0535. The highest BCUT2D eigenvalue weighted by atomic mass is 16.5. The monoisotopic (exact) mass is 354 g/mol. The number of rotatable bonds is 12. The lowest BCUT2D eigenvalue weighted by atomic mass is 10.0. The number of hydrogen-bond donors (Lipinski definition) is 0. The van der Waals surface area contributed by atoms with Crippen LogP contribution in [0.2, 0.25) is 0 Å². The molecule has 0 bridgehead atoms. The predicted octanol–water partition coefficient (Wildman–Crippen LogP) is 6.06. The first kappa shape index (κ1) is 20.0. The summed E-state index contributed by atoms with van der Waals surface area (Å²) in [5, 5.41) is 0. The zero-order chi connectivity index (χ0) is 18.6. The van der Waals surface area contributed by atoms with Gasteiger partial charge in [0.05, 0.1) is 24.3 Å². The number of hydrogen-bond acceptors (Lipinski definition) is 3. The van der Waals surface area contributed by atoms with Crippen molar-refractivity contribution in [2.45, 2.75) is 52.4 Å². The molecule has 0 spiro atoms. The van der Waals surface area contributed by atoms with Gasteiger partial charge in [-0.05, 0) is 37.1 Å². The quantitative estimate of drug-likeness (QED) is 0.343. The average Bonchev–Trinajstić information content (AvgIpc) is 2.69. The van der Waals surface area contributed by atoms with Crippen LogP contribution in [0.1, 0.15) is 68.3 Å². The fraction of sp³-hybridized carbons (Fsp3) is 0.435. The number of unbranched alkanes of at least 4 members (excludes halogenated alkanes) is 4. The Hall–Kier alpha value is -2.29. The normalized spacial score (nSPS) is 10.5. The van der Waals surface area contributed by atoms with Gasteiger partial charge in [0.15, 0.2) is 5.78 Å². The number of carbonyl (C=O) groups excluding carboxylic acids is 1. The van der Waals surface area contributed by atoms with Crippen molar-refractivity contribution in [2.24, 2.45) is 0 Å². The molecule has 0 saturated carbocycles. The van der Waals surface area contributed by atoms with Gasteiger partial charge in [-0.1, -0.05) is 63.8 Å². The van der Waals surface area contributed by atoms with E-state index >= 15 is 0 Å². The summed E-state index contributed by atoms with van der Waals surface area (Å²) in [4.78, 5) is 13.1. The molecule has 0 atom stereocenters. The van der Waals surface area contributed by atoms with Crippen LogP contribution in [-0.2, 0) is 0 Å². The number of para-hydroxylation sites is 2. The van der Waals surface area contributed by atoms with E-state index in [1.54, 1.807) is 0 Å². The molecule has 0 unspecified atom stereocenters. The highest BCUT2D eigenvalue weighted by Gasteiger charge is 2.18. The molecule has 26 heavy (non-hydrogen) atoms. The van der Waals surface area contributed by atoms with Gasteiger partial charge in [0.2, 0.25) is 0 Å². The van der Waals surface area contributed by atoms with Crippen molar-refractivity contribution in [3.8, 4) is 11.5 Å². The standard InChI is InChI=1S/C23H30O3/c1-3-5-11-17-25-21-15-9-7-13-19(21)23(24)20-14-8-10-16-22(20)26-18-12-6-4-2/h7-10,13-16H,3-6,11-12,17-18H2,1-2H3. The predicted molar refractivity (Wildman–Crippen MR) is 106 cm³/mol. The number of ether oxygens (including phenoxy) is 2. The molecule has 140 valence electrons. The summed E-state index contributed by atoms with van der Waals surface area (Å²) in [6, 6.07) is 14.9. The summed E-state index contributed by atoms with van der Waals surface area (Å²) in [5.41, 5.74) is 1.18. The largest absolute Gasteiger partial charge is 0.493 e. The minimum absolute atomic E-state index is 0.0535. The smallest absolute Gasteiger partial charge is 0.200 e. The number of benzene rings is 2. The van der Waals surface area contributed by atoms with Crippen LogP contribution in [0.15, 0.2) is 48.5 Å². The minimum Gasteiger partial charge on any atom is -0.493 e. The summed E-state index contributed by atoms with van der Waals surface area (Å²) < 4.78 is 11.7. The van der Waals surface area contributed by atoms with Gasteiger partial charge in [-0.15, -0.1) is 0 Å². The molecular weight excluding hydrogens is 324 g/mol. The third kappa shape index (κ3) is 5.91. The van der Waals surface area contributed by atoms with Gasteiger partial charge >= 0.3 is 0 Å². The maximum Gasteiger partial charge on any atom is 0.200 e. The van der Waals surface area contributed by atoms with Crippen LogP contribution in [0.3, 0.4) is 0 Å².